The lowest BCUT2D eigenvalue weighted by Gasteiger charge is -2.32. The van der Waals surface area contributed by atoms with Crippen molar-refractivity contribution < 1.29 is 27.5 Å². The monoisotopic (exact) mass is 529 g/mol. The van der Waals surface area contributed by atoms with Crippen LogP contribution in [0.2, 0.25) is 10.0 Å². The Hall–Kier alpha value is -2.40. The Kier molecular flexibility index (Phi) is 8.40. The average molecular weight is 530 g/mol. The molecule has 1 aromatic carbocycles. The van der Waals surface area contributed by atoms with E-state index in [0.29, 0.717) is 11.6 Å². The highest BCUT2D eigenvalue weighted by molar-refractivity contribution is 7.89. The molecule has 0 unspecified atom stereocenters. The standard InChI is InChI=1S/C22H25Cl2N3O6S/c1-13-6-4-5-9-27(13)34(30,31)19-10-15(7-8-18(19)32-3)22(29)33-14(2)21(28)26-20-17(24)11-16(23)12-25-20/h7-8,10-14H,4-6,9H2,1-3H3,(H,25,26,28)/t13-,14+/m1/s1. The summed E-state index contributed by atoms with van der Waals surface area (Å²) in [5.41, 5.74) is -0.0358. The molecule has 3 rings (SSSR count). The third kappa shape index (κ3) is 5.80. The van der Waals surface area contributed by atoms with Crippen LogP contribution in [0.4, 0.5) is 5.82 Å². The van der Waals surface area contributed by atoms with Crippen LogP contribution >= 0.6 is 23.2 Å². The fourth-order valence-electron chi connectivity index (χ4n) is 3.57. The third-order valence-corrected chi connectivity index (χ3v) is 7.96. The predicted octanol–water partition coefficient (Wildman–Crippen LogP) is 4.14. The van der Waals surface area contributed by atoms with Crippen molar-refractivity contribution in [3.63, 3.8) is 0 Å². The Balaban J connectivity index is 1.79. The van der Waals surface area contributed by atoms with Crippen LogP contribution in [0.1, 0.15) is 43.5 Å². The first-order valence-corrected chi connectivity index (χ1v) is 12.8. The van der Waals surface area contributed by atoms with Crippen LogP contribution in [0, 0.1) is 0 Å². The molecule has 0 spiro atoms. The number of nitrogens with zero attached hydrogens (tertiary/aromatic N) is 2. The van der Waals surface area contributed by atoms with E-state index in [2.05, 4.69) is 10.3 Å². The van der Waals surface area contributed by atoms with E-state index in [1.807, 2.05) is 6.92 Å². The molecule has 1 amide bonds. The fourth-order valence-corrected chi connectivity index (χ4v) is 5.88. The van der Waals surface area contributed by atoms with E-state index >= 15 is 0 Å². The molecule has 1 N–H and O–H groups in total. The SMILES string of the molecule is COc1ccc(C(=O)O[C@@H](C)C(=O)Nc2ncc(Cl)cc2Cl)cc1S(=O)(=O)N1CCCC[C@H]1C. The quantitative estimate of drug-likeness (QED) is 0.535. The van der Waals surface area contributed by atoms with Crippen LogP contribution in [-0.2, 0) is 19.6 Å². The van der Waals surface area contributed by atoms with Gasteiger partial charge in [-0.15, -0.1) is 0 Å². The minimum atomic E-state index is -3.92. The molecule has 1 aliphatic rings. The molecule has 1 aromatic heterocycles. The van der Waals surface area contributed by atoms with Crippen LogP contribution in [0.5, 0.6) is 5.75 Å². The van der Waals surface area contributed by atoms with Crippen LogP contribution in [0.15, 0.2) is 35.4 Å². The second-order valence-electron chi connectivity index (χ2n) is 7.85. The van der Waals surface area contributed by atoms with Crippen molar-refractivity contribution in [2.45, 2.75) is 50.2 Å². The van der Waals surface area contributed by atoms with Gasteiger partial charge in [0.1, 0.15) is 10.6 Å². The van der Waals surface area contributed by atoms with E-state index in [4.69, 9.17) is 32.7 Å². The van der Waals surface area contributed by atoms with Crippen molar-refractivity contribution in [1.29, 1.82) is 0 Å². The number of benzene rings is 1. The summed E-state index contributed by atoms with van der Waals surface area (Å²) in [6.45, 7) is 3.61. The van der Waals surface area contributed by atoms with E-state index < -0.39 is 28.0 Å². The molecule has 184 valence electrons. The van der Waals surface area contributed by atoms with Gasteiger partial charge < -0.3 is 14.8 Å². The Morgan fingerprint density at radius 2 is 1.97 bits per heavy atom. The zero-order chi connectivity index (χ0) is 25.0. The summed E-state index contributed by atoms with van der Waals surface area (Å²) in [7, 11) is -2.56. The summed E-state index contributed by atoms with van der Waals surface area (Å²) in [6, 6.07) is 5.21. The summed E-state index contributed by atoms with van der Waals surface area (Å²) >= 11 is 11.8. The lowest BCUT2D eigenvalue weighted by Crippen LogP contribution is -2.42. The minimum Gasteiger partial charge on any atom is -0.495 e. The number of hydrogen-bond donors (Lipinski definition) is 1. The van der Waals surface area contributed by atoms with Gasteiger partial charge in [0.2, 0.25) is 10.0 Å². The number of esters is 1. The van der Waals surface area contributed by atoms with Gasteiger partial charge >= 0.3 is 5.97 Å². The molecule has 2 aromatic rings. The van der Waals surface area contributed by atoms with Crippen LogP contribution in [-0.4, -0.2) is 55.4 Å². The van der Waals surface area contributed by atoms with E-state index in [1.54, 1.807) is 0 Å². The molecule has 0 aliphatic carbocycles. The van der Waals surface area contributed by atoms with Crippen molar-refractivity contribution in [3.8, 4) is 5.75 Å². The van der Waals surface area contributed by atoms with Gasteiger partial charge in [-0.3, -0.25) is 4.79 Å². The smallest absolute Gasteiger partial charge is 0.338 e. The lowest BCUT2D eigenvalue weighted by atomic mass is 10.1. The number of halogens is 2. The molecular formula is C22H25Cl2N3O6S. The molecule has 0 bridgehead atoms. The van der Waals surface area contributed by atoms with Crippen molar-refractivity contribution >= 4 is 50.9 Å². The van der Waals surface area contributed by atoms with Crippen molar-refractivity contribution in [1.82, 2.24) is 9.29 Å². The first kappa shape index (κ1) is 26.2. The number of pyridine rings is 1. The fraction of sp³-hybridized carbons (Fsp3) is 0.409. The highest BCUT2D eigenvalue weighted by atomic mass is 35.5. The molecule has 2 heterocycles. The number of piperidine rings is 1. The first-order chi connectivity index (χ1) is 16.0. The van der Waals surface area contributed by atoms with Crippen LogP contribution < -0.4 is 10.1 Å². The van der Waals surface area contributed by atoms with Crippen LogP contribution in [0.25, 0.3) is 0 Å². The van der Waals surface area contributed by atoms with Crippen molar-refractivity contribution in [2.75, 3.05) is 19.0 Å². The van der Waals surface area contributed by atoms with Gasteiger partial charge in [-0.1, -0.05) is 29.6 Å². The summed E-state index contributed by atoms with van der Waals surface area (Å²) in [5.74, 6) is -1.37. The maximum Gasteiger partial charge on any atom is 0.338 e. The Morgan fingerprint density at radius 1 is 1.24 bits per heavy atom. The zero-order valence-electron chi connectivity index (χ0n) is 18.9. The summed E-state index contributed by atoms with van der Waals surface area (Å²) < 4.78 is 38.6. The third-order valence-electron chi connectivity index (χ3n) is 5.43. The van der Waals surface area contributed by atoms with Gasteiger partial charge in [0.15, 0.2) is 11.9 Å². The number of nitrogens with one attached hydrogen (secondary N) is 1. The number of hydrogen-bond acceptors (Lipinski definition) is 7. The Labute approximate surface area is 208 Å². The molecule has 0 radical (unpaired) electrons. The van der Waals surface area contributed by atoms with E-state index in [9.17, 15) is 18.0 Å². The number of carbonyl (C=O) groups is 2. The van der Waals surface area contributed by atoms with Gasteiger partial charge in [-0.2, -0.15) is 4.31 Å². The van der Waals surface area contributed by atoms with Crippen LogP contribution in [0.3, 0.4) is 0 Å². The van der Waals surface area contributed by atoms with Gasteiger partial charge in [0, 0.05) is 18.8 Å². The number of ether oxygens (including phenoxy) is 2. The molecule has 1 fully saturated rings. The highest BCUT2D eigenvalue weighted by Crippen LogP contribution is 2.32. The zero-order valence-corrected chi connectivity index (χ0v) is 21.2. The number of methoxy groups -OCH3 is 1. The second kappa shape index (κ2) is 10.9. The normalized spacial score (nSPS) is 17.6. The topological polar surface area (TPSA) is 115 Å². The molecule has 1 saturated heterocycles. The van der Waals surface area contributed by atoms with Gasteiger partial charge in [-0.25, -0.2) is 18.2 Å². The average Bonchev–Trinajstić information content (AvgIpc) is 2.80. The van der Waals surface area contributed by atoms with E-state index in [1.165, 1.54) is 48.8 Å². The summed E-state index contributed by atoms with van der Waals surface area (Å²) in [5, 5.41) is 2.87. The number of rotatable bonds is 7. The number of aromatic nitrogens is 1. The molecule has 1 aliphatic heterocycles. The van der Waals surface area contributed by atoms with Gasteiger partial charge in [0.05, 0.1) is 22.7 Å². The Morgan fingerprint density at radius 3 is 2.62 bits per heavy atom. The number of carbonyl (C=O) groups excluding carboxylic acids is 2. The molecule has 0 saturated carbocycles. The van der Waals surface area contributed by atoms with Gasteiger partial charge in [0.25, 0.3) is 5.91 Å². The highest BCUT2D eigenvalue weighted by Gasteiger charge is 2.34. The Bertz CT molecular complexity index is 1190. The predicted molar refractivity (Wildman–Crippen MR) is 128 cm³/mol. The summed E-state index contributed by atoms with van der Waals surface area (Å²) in [4.78, 5) is 29.0. The number of anilines is 1. The summed E-state index contributed by atoms with van der Waals surface area (Å²) in [6.07, 6.45) is 2.55. The van der Waals surface area contributed by atoms with Crippen molar-refractivity contribution in [2.24, 2.45) is 0 Å². The molecule has 2 atom stereocenters. The molecule has 34 heavy (non-hydrogen) atoms. The van der Waals surface area contributed by atoms with Gasteiger partial charge in [-0.05, 0) is 51.0 Å². The maximum absolute atomic E-state index is 13.3. The number of amides is 1. The lowest BCUT2D eigenvalue weighted by molar-refractivity contribution is -0.123. The largest absolute Gasteiger partial charge is 0.495 e. The van der Waals surface area contributed by atoms with Crippen molar-refractivity contribution in [3.05, 3.63) is 46.1 Å². The molecular weight excluding hydrogens is 505 g/mol. The minimum absolute atomic E-state index is 0.0358. The number of sulfonamides is 1. The molecule has 9 nitrogen and oxygen atoms in total. The molecule has 12 heteroatoms. The van der Waals surface area contributed by atoms with E-state index in [0.717, 1.165) is 19.3 Å². The first-order valence-electron chi connectivity index (χ1n) is 10.6. The second-order valence-corrected chi connectivity index (χ2v) is 10.5. The maximum atomic E-state index is 13.3. The van der Waals surface area contributed by atoms with E-state index in [-0.39, 0.29) is 33.1 Å².